The highest BCUT2D eigenvalue weighted by Crippen LogP contribution is 2.49. The molecule has 1 saturated carbocycles. The summed E-state index contributed by atoms with van der Waals surface area (Å²) >= 11 is 0. The van der Waals surface area contributed by atoms with Crippen LogP contribution in [0.5, 0.6) is 0 Å². The van der Waals surface area contributed by atoms with Gasteiger partial charge in [-0.2, -0.15) is 22.0 Å². The number of methoxy groups -OCH3 is 1. The molecule has 8 nitrogen and oxygen atoms in total. The highest BCUT2D eigenvalue weighted by atomic mass is 32.2. The fourth-order valence-electron chi connectivity index (χ4n) is 4.35. The average molecular weight is 568 g/mol. The van der Waals surface area contributed by atoms with Crippen LogP contribution in [0.1, 0.15) is 31.0 Å². The maximum atomic E-state index is 13.8. The maximum Gasteiger partial charge on any atom is 0.459 e. The number of benzene rings is 1. The van der Waals surface area contributed by atoms with Gasteiger partial charge < -0.3 is 9.30 Å². The van der Waals surface area contributed by atoms with Gasteiger partial charge in [0.2, 0.25) is 0 Å². The molecule has 1 aliphatic carbocycles. The van der Waals surface area contributed by atoms with Crippen molar-refractivity contribution in [3.05, 3.63) is 53.9 Å². The predicted octanol–water partition coefficient (Wildman–Crippen LogP) is 5.18. The number of imidazole rings is 1. The van der Waals surface area contributed by atoms with Crippen LogP contribution in [-0.4, -0.2) is 52.2 Å². The number of fused-ring (bicyclic) bond motifs is 1. The molecule has 3 aromatic heterocycles. The first-order valence-electron chi connectivity index (χ1n) is 11.8. The molecule has 1 aliphatic rings. The highest BCUT2D eigenvalue weighted by Gasteiger charge is 2.60. The van der Waals surface area contributed by atoms with E-state index in [1.165, 1.54) is 30.8 Å². The molecule has 1 aromatic carbocycles. The number of halogens is 5. The molecule has 0 saturated heterocycles. The van der Waals surface area contributed by atoms with E-state index >= 15 is 0 Å². The van der Waals surface area contributed by atoms with Gasteiger partial charge in [0.15, 0.2) is 21.3 Å². The third kappa shape index (κ3) is 4.44. The van der Waals surface area contributed by atoms with Crippen LogP contribution in [0.15, 0.2) is 47.5 Å². The van der Waals surface area contributed by atoms with E-state index in [1.807, 2.05) is 24.3 Å². The van der Waals surface area contributed by atoms with Gasteiger partial charge in [0.05, 0.1) is 16.2 Å². The van der Waals surface area contributed by atoms with E-state index < -0.39 is 27.6 Å². The van der Waals surface area contributed by atoms with E-state index in [9.17, 15) is 30.4 Å². The minimum absolute atomic E-state index is 0.0866. The second-order valence-corrected chi connectivity index (χ2v) is 11.5. The Morgan fingerprint density at radius 2 is 1.69 bits per heavy atom. The van der Waals surface area contributed by atoms with E-state index in [0.29, 0.717) is 17.2 Å². The summed E-state index contributed by atoms with van der Waals surface area (Å²) < 4.78 is 99.2. The number of pyridine rings is 1. The van der Waals surface area contributed by atoms with Crippen LogP contribution >= 0.6 is 0 Å². The Morgan fingerprint density at radius 1 is 1.03 bits per heavy atom. The van der Waals surface area contributed by atoms with Crippen molar-refractivity contribution in [3.63, 3.8) is 0 Å². The molecular weight excluding hydrogens is 545 g/mol. The van der Waals surface area contributed by atoms with Crippen molar-refractivity contribution in [3.8, 4) is 22.6 Å². The summed E-state index contributed by atoms with van der Waals surface area (Å²) in [7, 11) is -0.821. The SMILES string of the molecule is CCS(=O)(=O)c1cc(-c2ccc(C3(OC)CC3)cc2)cnc1-c1nc2cc(C(F)(F)C(F)(F)F)nnc2n1C. The van der Waals surface area contributed by atoms with Crippen molar-refractivity contribution < 1.29 is 35.1 Å². The first-order chi connectivity index (χ1) is 18.2. The van der Waals surface area contributed by atoms with Gasteiger partial charge in [-0.05, 0) is 36.1 Å². The quantitative estimate of drug-likeness (QED) is 0.284. The maximum absolute atomic E-state index is 13.8. The summed E-state index contributed by atoms with van der Waals surface area (Å²) in [5, 5.41) is 6.57. The smallest absolute Gasteiger partial charge is 0.374 e. The molecule has 14 heteroatoms. The number of aryl methyl sites for hydroxylation is 1. The van der Waals surface area contributed by atoms with Crippen LogP contribution < -0.4 is 0 Å². The van der Waals surface area contributed by atoms with E-state index in [2.05, 4.69) is 20.2 Å². The number of hydrogen-bond donors (Lipinski definition) is 0. The van der Waals surface area contributed by atoms with Crippen LogP contribution in [0.25, 0.3) is 33.8 Å². The lowest BCUT2D eigenvalue weighted by Crippen LogP contribution is -2.34. The van der Waals surface area contributed by atoms with Crippen LogP contribution in [0.2, 0.25) is 0 Å². The summed E-state index contributed by atoms with van der Waals surface area (Å²) in [6, 6.07) is 9.41. The van der Waals surface area contributed by atoms with Crippen molar-refractivity contribution in [1.29, 1.82) is 0 Å². The molecule has 0 aliphatic heterocycles. The topological polar surface area (TPSA) is 99.9 Å². The highest BCUT2D eigenvalue weighted by molar-refractivity contribution is 7.91. The third-order valence-electron chi connectivity index (χ3n) is 6.91. The molecular formula is C25H22F5N5O3S. The first kappa shape index (κ1) is 27.1. The van der Waals surface area contributed by atoms with Gasteiger partial charge in [-0.3, -0.25) is 4.98 Å². The van der Waals surface area contributed by atoms with Crippen molar-refractivity contribution in [2.24, 2.45) is 7.05 Å². The number of sulfone groups is 1. The molecule has 0 atom stereocenters. The van der Waals surface area contributed by atoms with Gasteiger partial charge in [-0.1, -0.05) is 31.2 Å². The molecule has 0 N–H and O–H groups in total. The Kier molecular flexibility index (Phi) is 6.25. The summed E-state index contributed by atoms with van der Waals surface area (Å²) in [6.45, 7) is 1.45. The van der Waals surface area contributed by atoms with Gasteiger partial charge in [-0.25, -0.2) is 13.4 Å². The zero-order chi connectivity index (χ0) is 28.4. The molecule has 0 spiro atoms. The Labute approximate surface area is 219 Å². The first-order valence-corrected chi connectivity index (χ1v) is 13.4. The number of hydrogen-bond acceptors (Lipinski definition) is 7. The van der Waals surface area contributed by atoms with Crippen molar-refractivity contribution in [2.45, 2.75) is 42.4 Å². The van der Waals surface area contributed by atoms with Gasteiger partial charge >= 0.3 is 12.1 Å². The Bertz CT molecular complexity index is 1680. The largest absolute Gasteiger partial charge is 0.459 e. The third-order valence-corrected chi connectivity index (χ3v) is 8.65. The van der Waals surface area contributed by atoms with Crippen molar-refractivity contribution >= 4 is 21.0 Å². The Hall–Kier alpha value is -3.52. The molecule has 0 bridgehead atoms. The molecule has 4 aromatic rings. The van der Waals surface area contributed by atoms with Crippen molar-refractivity contribution in [1.82, 2.24) is 24.7 Å². The van der Waals surface area contributed by atoms with Crippen LogP contribution in [0.3, 0.4) is 0 Å². The number of nitrogens with zero attached hydrogens (tertiary/aromatic N) is 5. The van der Waals surface area contributed by atoms with Crippen LogP contribution in [0, 0.1) is 0 Å². The molecule has 0 unspecified atom stereocenters. The van der Waals surface area contributed by atoms with E-state index in [4.69, 9.17) is 4.74 Å². The zero-order valence-corrected chi connectivity index (χ0v) is 21.7. The summed E-state index contributed by atoms with van der Waals surface area (Å²) in [6.07, 6.45) is -2.62. The monoisotopic (exact) mass is 567 g/mol. The Balaban J connectivity index is 1.61. The second kappa shape index (κ2) is 9.01. The normalized spacial score (nSPS) is 15.6. The number of aromatic nitrogens is 5. The standard InChI is InChI=1S/C25H22F5N5O3S/c1-4-39(36,37)18-11-15(14-5-7-16(8-6-14)23(38-3)9-10-23)13-31-20(18)22-32-17-12-19(24(26,27)25(28,29)30)33-34-21(17)35(22)2/h5-8,11-13H,4,9-10H2,1-3H3. The second-order valence-electron chi connectivity index (χ2n) is 9.25. The minimum atomic E-state index is -5.88. The van der Waals surface area contributed by atoms with Gasteiger partial charge in [0.1, 0.15) is 16.9 Å². The molecule has 5 rings (SSSR count). The molecule has 0 amide bonds. The fourth-order valence-corrected chi connectivity index (χ4v) is 5.41. The lowest BCUT2D eigenvalue weighted by molar-refractivity contribution is -0.291. The fraction of sp³-hybridized carbons (Fsp3) is 0.360. The van der Waals surface area contributed by atoms with Crippen molar-refractivity contribution in [2.75, 3.05) is 12.9 Å². The molecule has 1 fully saturated rings. The number of alkyl halides is 5. The number of ether oxygens (including phenoxy) is 1. The molecule has 0 radical (unpaired) electrons. The summed E-state index contributed by atoms with van der Waals surface area (Å²) in [4.78, 5) is 8.29. The predicted molar refractivity (Wildman–Crippen MR) is 131 cm³/mol. The van der Waals surface area contributed by atoms with E-state index in [-0.39, 0.29) is 38.9 Å². The van der Waals surface area contributed by atoms with E-state index in [0.717, 1.165) is 18.4 Å². The lowest BCUT2D eigenvalue weighted by Gasteiger charge is -2.17. The van der Waals surface area contributed by atoms with Gasteiger partial charge in [0, 0.05) is 25.9 Å². The zero-order valence-electron chi connectivity index (χ0n) is 20.9. The van der Waals surface area contributed by atoms with E-state index in [1.54, 1.807) is 7.11 Å². The molecule has 206 valence electrons. The molecule has 39 heavy (non-hydrogen) atoms. The van der Waals surface area contributed by atoms with Crippen LogP contribution in [-0.2, 0) is 33.1 Å². The lowest BCUT2D eigenvalue weighted by atomic mass is 10.0. The van der Waals surface area contributed by atoms with Gasteiger partial charge in [0.25, 0.3) is 0 Å². The Morgan fingerprint density at radius 3 is 2.26 bits per heavy atom. The average Bonchev–Trinajstić information content (AvgIpc) is 3.65. The summed E-state index contributed by atoms with van der Waals surface area (Å²) in [5.41, 5.74) is -0.243. The molecule has 3 heterocycles. The van der Waals surface area contributed by atoms with Gasteiger partial charge in [-0.15, -0.1) is 10.2 Å². The number of rotatable bonds is 7. The summed E-state index contributed by atoms with van der Waals surface area (Å²) in [5.74, 6) is -5.61. The minimum Gasteiger partial charge on any atom is -0.374 e. The van der Waals surface area contributed by atoms with Crippen LogP contribution in [0.4, 0.5) is 22.0 Å².